The van der Waals surface area contributed by atoms with E-state index in [9.17, 15) is 13.5 Å². The van der Waals surface area contributed by atoms with Crippen molar-refractivity contribution in [1.82, 2.24) is 4.31 Å². The fourth-order valence-electron chi connectivity index (χ4n) is 2.14. The molecule has 0 saturated carbocycles. The zero-order valence-corrected chi connectivity index (χ0v) is 14.9. The molecule has 0 spiro atoms. The van der Waals surface area contributed by atoms with Crippen molar-refractivity contribution in [3.8, 4) is 0 Å². The Hall–Kier alpha value is -0.330. The minimum Gasteiger partial charge on any atom is -0.392 e. The number of sulfonamides is 1. The maximum absolute atomic E-state index is 12.7. The van der Waals surface area contributed by atoms with Gasteiger partial charge < -0.3 is 5.11 Å². The molecular weight excluding hydrogens is 333 g/mol. The summed E-state index contributed by atoms with van der Waals surface area (Å²) in [5, 5.41) is 9.50. The molecule has 0 fully saturated rings. The van der Waals surface area contributed by atoms with Crippen LogP contribution in [0.5, 0.6) is 0 Å². The summed E-state index contributed by atoms with van der Waals surface area (Å²) in [4.78, 5) is -0.0705. The average Bonchev–Trinajstić information content (AvgIpc) is 2.38. The topological polar surface area (TPSA) is 57.6 Å². The maximum Gasteiger partial charge on any atom is 0.244 e. The number of nitrogens with zero attached hydrogens (tertiary/aromatic N) is 1. The van der Waals surface area contributed by atoms with Crippen molar-refractivity contribution in [3.05, 3.63) is 27.7 Å². The normalized spacial score (nSPS) is 14.0. The molecule has 1 atom stereocenters. The van der Waals surface area contributed by atoms with Gasteiger partial charge in [-0.15, -0.1) is 0 Å². The summed E-state index contributed by atoms with van der Waals surface area (Å²) in [5.74, 6) is 0.375. The third-order valence-electron chi connectivity index (χ3n) is 3.34. The first-order chi connectivity index (χ1) is 9.61. The monoisotopic (exact) mass is 353 g/mol. The van der Waals surface area contributed by atoms with Crippen LogP contribution in [0, 0.1) is 5.92 Å². The predicted octanol–water partition coefficient (Wildman–Crippen LogP) is 3.54. The molecule has 120 valence electrons. The van der Waals surface area contributed by atoms with Gasteiger partial charge in [0.25, 0.3) is 0 Å². The highest BCUT2D eigenvalue weighted by Crippen LogP contribution is 2.32. The van der Waals surface area contributed by atoms with Crippen molar-refractivity contribution in [2.24, 2.45) is 5.92 Å². The molecule has 1 aromatic carbocycles. The second kappa shape index (κ2) is 7.29. The molecule has 21 heavy (non-hydrogen) atoms. The van der Waals surface area contributed by atoms with Crippen molar-refractivity contribution in [1.29, 1.82) is 0 Å². The van der Waals surface area contributed by atoms with Gasteiger partial charge in [0, 0.05) is 18.1 Å². The van der Waals surface area contributed by atoms with Crippen molar-refractivity contribution < 1.29 is 13.5 Å². The largest absolute Gasteiger partial charge is 0.392 e. The van der Waals surface area contributed by atoms with Crippen LogP contribution < -0.4 is 0 Å². The molecule has 4 nitrogen and oxygen atoms in total. The number of halogens is 2. The van der Waals surface area contributed by atoms with Gasteiger partial charge in [0.15, 0.2) is 0 Å². The molecule has 0 aliphatic rings. The van der Waals surface area contributed by atoms with Gasteiger partial charge in [-0.3, -0.25) is 0 Å². The van der Waals surface area contributed by atoms with Crippen LogP contribution in [0.3, 0.4) is 0 Å². The summed E-state index contributed by atoms with van der Waals surface area (Å²) in [6.07, 6.45) is 0.737. The molecule has 0 saturated heterocycles. The molecule has 0 radical (unpaired) electrons. The third kappa shape index (κ3) is 4.33. The fourth-order valence-corrected chi connectivity index (χ4v) is 4.41. The summed E-state index contributed by atoms with van der Waals surface area (Å²) in [6.45, 7) is 5.55. The van der Waals surface area contributed by atoms with E-state index in [0.717, 1.165) is 6.42 Å². The predicted molar refractivity (Wildman–Crippen MR) is 86.3 cm³/mol. The van der Waals surface area contributed by atoms with E-state index in [0.29, 0.717) is 11.5 Å². The van der Waals surface area contributed by atoms with Crippen molar-refractivity contribution >= 4 is 33.2 Å². The summed E-state index contributed by atoms with van der Waals surface area (Å²) >= 11 is 12.0. The van der Waals surface area contributed by atoms with Gasteiger partial charge in [-0.1, -0.05) is 37.0 Å². The number of rotatable bonds is 6. The Morgan fingerprint density at radius 1 is 1.24 bits per heavy atom. The lowest BCUT2D eigenvalue weighted by atomic mass is 10.1. The molecular formula is C14H21Cl2NO3S. The first kappa shape index (κ1) is 18.7. The maximum atomic E-state index is 12.7. The Morgan fingerprint density at radius 3 is 2.29 bits per heavy atom. The smallest absolute Gasteiger partial charge is 0.244 e. The molecule has 0 amide bonds. The van der Waals surface area contributed by atoms with Gasteiger partial charge in [0.1, 0.15) is 4.90 Å². The average molecular weight is 354 g/mol. The van der Waals surface area contributed by atoms with E-state index >= 15 is 0 Å². The highest BCUT2D eigenvalue weighted by atomic mass is 35.5. The Bertz CT molecular complexity index is 602. The fraction of sp³-hybridized carbons (Fsp3) is 0.571. The third-order valence-corrected chi connectivity index (χ3v) is 6.11. The zero-order chi connectivity index (χ0) is 16.4. The van der Waals surface area contributed by atoms with Gasteiger partial charge >= 0.3 is 0 Å². The van der Waals surface area contributed by atoms with Crippen LogP contribution in [-0.4, -0.2) is 30.9 Å². The first-order valence-corrected chi connectivity index (χ1v) is 8.87. The molecule has 0 aromatic heterocycles. The van der Waals surface area contributed by atoms with E-state index in [2.05, 4.69) is 0 Å². The van der Waals surface area contributed by atoms with Gasteiger partial charge in [-0.25, -0.2) is 8.42 Å². The van der Waals surface area contributed by atoms with E-state index in [4.69, 9.17) is 23.2 Å². The second-order valence-electron chi connectivity index (χ2n) is 5.53. The summed E-state index contributed by atoms with van der Waals surface area (Å²) in [7, 11) is -2.24. The van der Waals surface area contributed by atoms with E-state index in [1.54, 1.807) is 0 Å². The molecule has 1 rings (SSSR count). The van der Waals surface area contributed by atoms with Gasteiger partial charge in [-0.2, -0.15) is 4.31 Å². The number of aliphatic hydroxyl groups excluding tert-OH is 1. The molecule has 0 aliphatic carbocycles. The summed E-state index contributed by atoms with van der Waals surface area (Å²) in [6, 6.07) is 2.61. The zero-order valence-electron chi connectivity index (χ0n) is 12.6. The molecule has 0 heterocycles. The summed E-state index contributed by atoms with van der Waals surface area (Å²) in [5.41, 5.74) is 0.299. The standard InChI is InChI=1S/C14H21Cl2NO3S/c1-9(2)5-10(3)17(4)21(19,20)13-7-12(15)6-11(8-18)14(13)16/h6-7,9-10,18H,5,8H2,1-4H3. The lowest BCUT2D eigenvalue weighted by Gasteiger charge is -2.26. The van der Waals surface area contributed by atoms with Crippen LogP contribution in [0.25, 0.3) is 0 Å². The van der Waals surface area contributed by atoms with E-state index in [1.165, 1.54) is 23.5 Å². The first-order valence-electron chi connectivity index (χ1n) is 6.68. The van der Waals surface area contributed by atoms with Crippen molar-refractivity contribution in [3.63, 3.8) is 0 Å². The molecule has 1 unspecified atom stereocenters. The lowest BCUT2D eigenvalue weighted by Crippen LogP contribution is -2.36. The van der Waals surface area contributed by atoms with Gasteiger partial charge in [0.05, 0.1) is 11.6 Å². The highest BCUT2D eigenvalue weighted by molar-refractivity contribution is 7.89. The molecule has 1 aromatic rings. The van der Waals surface area contributed by atoms with Crippen LogP contribution in [0.1, 0.15) is 32.8 Å². The number of hydrogen-bond donors (Lipinski definition) is 1. The van der Waals surface area contributed by atoms with Crippen LogP contribution in [0.4, 0.5) is 0 Å². The quantitative estimate of drug-likeness (QED) is 0.850. The lowest BCUT2D eigenvalue weighted by molar-refractivity contribution is 0.281. The van der Waals surface area contributed by atoms with Gasteiger partial charge in [-0.05, 0) is 37.0 Å². The van der Waals surface area contributed by atoms with E-state index in [-0.39, 0.29) is 27.6 Å². The molecule has 0 aliphatic heterocycles. The Balaban J connectivity index is 3.28. The minimum absolute atomic E-state index is 0.0190. The van der Waals surface area contributed by atoms with E-state index in [1.807, 2.05) is 20.8 Å². The molecule has 1 N–H and O–H groups in total. The van der Waals surface area contributed by atoms with Crippen LogP contribution in [0.2, 0.25) is 10.0 Å². The number of hydrogen-bond acceptors (Lipinski definition) is 3. The summed E-state index contributed by atoms with van der Waals surface area (Å²) < 4.78 is 26.7. The second-order valence-corrected chi connectivity index (χ2v) is 8.32. The van der Waals surface area contributed by atoms with E-state index < -0.39 is 10.0 Å². The van der Waals surface area contributed by atoms with Crippen LogP contribution >= 0.6 is 23.2 Å². The minimum atomic E-state index is -3.76. The van der Waals surface area contributed by atoms with Crippen molar-refractivity contribution in [2.45, 2.75) is 44.7 Å². The SMILES string of the molecule is CC(C)CC(C)N(C)S(=O)(=O)c1cc(Cl)cc(CO)c1Cl. The molecule has 7 heteroatoms. The Labute approximate surface area is 136 Å². The Kier molecular flexibility index (Phi) is 6.50. The highest BCUT2D eigenvalue weighted by Gasteiger charge is 2.29. The molecule has 0 bridgehead atoms. The van der Waals surface area contributed by atoms with Crippen LogP contribution in [0.15, 0.2) is 17.0 Å². The number of aliphatic hydroxyl groups is 1. The van der Waals surface area contributed by atoms with Crippen LogP contribution in [-0.2, 0) is 16.6 Å². The number of benzene rings is 1. The van der Waals surface area contributed by atoms with Crippen molar-refractivity contribution in [2.75, 3.05) is 7.05 Å². The Morgan fingerprint density at radius 2 is 1.81 bits per heavy atom. The van der Waals surface area contributed by atoms with Gasteiger partial charge in [0.2, 0.25) is 10.0 Å².